The van der Waals surface area contributed by atoms with Crippen molar-refractivity contribution in [2.45, 2.75) is 26.1 Å². The lowest BCUT2D eigenvalue weighted by atomic mass is 9.97. The Balaban J connectivity index is 2.00. The molecule has 0 saturated carbocycles. The Labute approximate surface area is 169 Å². The summed E-state index contributed by atoms with van der Waals surface area (Å²) in [6, 6.07) is 8.55. The van der Waals surface area contributed by atoms with Crippen molar-refractivity contribution in [3.63, 3.8) is 0 Å². The number of hydrogen-bond acceptors (Lipinski definition) is 6. The average Bonchev–Trinajstić information content (AvgIpc) is 2.67. The second-order valence-electron chi connectivity index (χ2n) is 6.66. The molecule has 3 N–H and O–H groups in total. The topological polar surface area (TPSA) is 104 Å². The molecule has 0 unspecified atom stereocenters. The molecule has 0 aliphatic heterocycles. The van der Waals surface area contributed by atoms with Crippen LogP contribution in [0.5, 0.6) is 11.5 Å². The van der Waals surface area contributed by atoms with E-state index in [0.717, 1.165) is 12.1 Å². The van der Waals surface area contributed by atoms with Crippen LogP contribution in [0.1, 0.15) is 32.7 Å². The number of phenols is 2. The van der Waals surface area contributed by atoms with E-state index in [1.54, 1.807) is 12.1 Å². The third kappa shape index (κ3) is 4.25. The molecule has 30 heavy (non-hydrogen) atoms. The highest BCUT2D eigenvalue weighted by atomic mass is 19.4. The lowest BCUT2D eigenvalue weighted by Crippen LogP contribution is -2.14. The molecule has 1 aromatic heterocycles. The molecule has 9 heteroatoms. The van der Waals surface area contributed by atoms with Crippen LogP contribution in [-0.4, -0.2) is 31.3 Å². The lowest BCUT2D eigenvalue weighted by Gasteiger charge is -2.14. The van der Waals surface area contributed by atoms with Crippen molar-refractivity contribution < 1.29 is 33.3 Å². The minimum absolute atomic E-state index is 0.00178. The van der Waals surface area contributed by atoms with Gasteiger partial charge in [0.15, 0.2) is 5.78 Å². The molecule has 0 fully saturated rings. The van der Waals surface area contributed by atoms with Gasteiger partial charge in [-0.05, 0) is 48.4 Å². The molecule has 0 saturated heterocycles. The molecule has 0 spiro atoms. The van der Waals surface area contributed by atoms with Crippen LogP contribution in [0.4, 0.5) is 13.2 Å². The highest BCUT2D eigenvalue weighted by Crippen LogP contribution is 2.37. The predicted octanol–water partition coefficient (Wildman–Crippen LogP) is 3.80. The maximum Gasteiger partial charge on any atom is 0.416 e. The van der Waals surface area contributed by atoms with Gasteiger partial charge in [-0.25, -0.2) is 0 Å². The largest absolute Gasteiger partial charge is 0.508 e. The second-order valence-corrected chi connectivity index (χ2v) is 6.66. The number of nitrogens with zero attached hydrogens (tertiary/aromatic N) is 2. The quantitative estimate of drug-likeness (QED) is 0.545. The summed E-state index contributed by atoms with van der Waals surface area (Å²) in [7, 11) is 0. The van der Waals surface area contributed by atoms with Crippen molar-refractivity contribution in [3.05, 3.63) is 70.4 Å². The first-order valence-corrected chi connectivity index (χ1v) is 8.80. The smallest absolute Gasteiger partial charge is 0.416 e. The van der Waals surface area contributed by atoms with Crippen LogP contribution >= 0.6 is 0 Å². The van der Waals surface area contributed by atoms with Crippen molar-refractivity contribution >= 4 is 5.78 Å². The first kappa shape index (κ1) is 21.3. The maximum atomic E-state index is 12.8. The van der Waals surface area contributed by atoms with E-state index < -0.39 is 29.9 Å². The summed E-state index contributed by atoms with van der Waals surface area (Å²) in [5.41, 5.74) is -0.0592. The Kier molecular flexibility index (Phi) is 5.75. The summed E-state index contributed by atoms with van der Waals surface area (Å²) in [5.74, 6) is -1.11. The van der Waals surface area contributed by atoms with Gasteiger partial charge in [-0.3, -0.25) is 4.79 Å². The number of ketones is 1. The maximum absolute atomic E-state index is 12.8. The van der Waals surface area contributed by atoms with E-state index >= 15 is 0 Å². The number of phenolic OH excluding ortho intramolecular Hbond substituents is 2. The minimum Gasteiger partial charge on any atom is -0.508 e. The van der Waals surface area contributed by atoms with E-state index in [4.69, 9.17) is 0 Å². The molecule has 3 aromatic rings. The number of alkyl halides is 3. The van der Waals surface area contributed by atoms with Crippen LogP contribution in [0.3, 0.4) is 0 Å². The molecule has 0 radical (unpaired) electrons. The highest BCUT2D eigenvalue weighted by molar-refractivity contribution is 5.97. The molecule has 2 aromatic carbocycles. The monoisotopic (exact) mass is 418 g/mol. The molecule has 0 aliphatic carbocycles. The van der Waals surface area contributed by atoms with Gasteiger partial charge in [-0.2, -0.15) is 13.2 Å². The van der Waals surface area contributed by atoms with Gasteiger partial charge in [-0.15, -0.1) is 10.2 Å². The Bertz CT molecular complexity index is 1110. The Morgan fingerprint density at radius 1 is 1.07 bits per heavy atom. The summed E-state index contributed by atoms with van der Waals surface area (Å²) in [5, 5.41) is 37.2. The van der Waals surface area contributed by atoms with Crippen molar-refractivity contribution in [2.24, 2.45) is 0 Å². The normalized spacial score (nSPS) is 11.5. The van der Waals surface area contributed by atoms with Crippen LogP contribution in [0, 0.1) is 6.92 Å². The van der Waals surface area contributed by atoms with Crippen LogP contribution in [0.2, 0.25) is 0 Å². The minimum atomic E-state index is -4.62. The van der Waals surface area contributed by atoms with Gasteiger partial charge in [0.05, 0.1) is 17.9 Å². The zero-order chi connectivity index (χ0) is 22.1. The molecule has 0 amide bonds. The molecule has 156 valence electrons. The lowest BCUT2D eigenvalue weighted by molar-refractivity contribution is -0.137. The van der Waals surface area contributed by atoms with Gasteiger partial charge in [0.1, 0.15) is 17.2 Å². The third-order valence-electron chi connectivity index (χ3n) is 4.62. The van der Waals surface area contributed by atoms with E-state index in [-0.39, 0.29) is 34.7 Å². The summed E-state index contributed by atoms with van der Waals surface area (Å²) in [6.07, 6.45) is -4.71. The second kappa shape index (κ2) is 8.11. The van der Waals surface area contributed by atoms with Crippen LogP contribution < -0.4 is 0 Å². The number of aromatic hydroxyl groups is 2. The highest BCUT2D eigenvalue weighted by Gasteiger charge is 2.31. The van der Waals surface area contributed by atoms with E-state index in [1.807, 2.05) is 0 Å². The van der Waals surface area contributed by atoms with Crippen LogP contribution in [0.15, 0.2) is 42.5 Å². The van der Waals surface area contributed by atoms with Crippen molar-refractivity contribution in [2.75, 3.05) is 0 Å². The molecule has 3 rings (SSSR count). The number of rotatable bonds is 5. The van der Waals surface area contributed by atoms with Gasteiger partial charge >= 0.3 is 6.18 Å². The van der Waals surface area contributed by atoms with Gasteiger partial charge in [0.2, 0.25) is 0 Å². The van der Waals surface area contributed by atoms with E-state index in [9.17, 15) is 33.3 Å². The molecular formula is C21H17F3N2O4. The standard InChI is InChI=1S/C21H17F3N2O4/c1-11-16(10-27)20(18(30)8-12-3-2-4-14(28)7-12)26-25-19(11)15-6-5-13(9-17(15)29)21(22,23)24/h2-7,9,27-29H,8,10H2,1H3. The molecular weight excluding hydrogens is 401 g/mol. The SMILES string of the molecule is Cc1c(-c2ccc(C(F)(F)F)cc2O)nnc(C(=O)Cc2cccc(O)c2)c1CO. The number of Topliss-reactive ketones (excluding diaryl/α,β-unsaturated/α-hetero) is 1. The first-order chi connectivity index (χ1) is 14.1. The summed E-state index contributed by atoms with van der Waals surface area (Å²) >= 11 is 0. The molecule has 0 atom stereocenters. The number of aromatic nitrogens is 2. The number of aliphatic hydroxyl groups is 1. The van der Waals surface area contributed by atoms with E-state index in [1.165, 1.54) is 19.1 Å². The average molecular weight is 418 g/mol. The van der Waals surface area contributed by atoms with Crippen molar-refractivity contribution in [1.82, 2.24) is 10.2 Å². The first-order valence-electron chi connectivity index (χ1n) is 8.80. The van der Waals surface area contributed by atoms with Crippen molar-refractivity contribution in [1.29, 1.82) is 0 Å². The Hall–Kier alpha value is -3.46. The molecule has 6 nitrogen and oxygen atoms in total. The number of hydrogen-bond donors (Lipinski definition) is 3. The van der Waals surface area contributed by atoms with Crippen LogP contribution in [-0.2, 0) is 19.2 Å². The predicted molar refractivity (Wildman–Crippen MR) is 101 cm³/mol. The van der Waals surface area contributed by atoms with E-state index in [0.29, 0.717) is 17.2 Å². The fraction of sp³-hybridized carbons (Fsp3) is 0.190. The summed E-state index contributed by atoms with van der Waals surface area (Å²) in [6.45, 7) is 0.967. The number of carbonyl (C=O) groups is 1. The Morgan fingerprint density at radius 2 is 1.80 bits per heavy atom. The van der Waals surface area contributed by atoms with Gasteiger partial charge < -0.3 is 15.3 Å². The van der Waals surface area contributed by atoms with Crippen molar-refractivity contribution in [3.8, 4) is 22.8 Å². The Morgan fingerprint density at radius 3 is 2.40 bits per heavy atom. The van der Waals surface area contributed by atoms with Gasteiger partial charge in [0.25, 0.3) is 0 Å². The summed E-state index contributed by atoms with van der Waals surface area (Å²) in [4.78, 5) is 12.7. The number of halogens is 3. The summed E-state index contributed by atoms with van der Waals surface area (Å²) < 4.78 is 38.5. The molecule has 0 aliphatic rings. The number of carbonyl (C=O) groups excluding carboxylic acids is 1. The number of aliphatic hydroxyl groups excluding tert-OH is 1. The van der Waals surface area contributed by atoms with Gasteiger partial charge in [-0.1, -0.05) is 12.1 Å². The zero-order valence-electron chi connectivity index (χ0n) is 15.7. The van der Waals surface area contributed by atoms with Crippen LogP contribution in [0.25, 0.3) is 11.3 Å². The molecule has 0 bridgehead atoms. The molecule has 1 heterocycles. The zero-order valence-corrected chi connectivity index (χ0v) is 15.7. The third-order valence-corrected chi connectivity index (χ3v) is 4.62. The van der Waals surface area contributed by atoms with Gasteiger partial charge in [0, 0.05) is 17.5 Å². The fourth-order valence-electron chi connectivity index (χ4n) is 3.07. The fourth-order valence-corrected chi connectivity index (χ4v) is 3.07. The van der Waals surface area contributed by atoms with E-state index in [2.05, 4.69) is 10.2 Å². The number of benzene rings is 2.